The van der Waals surface area contributed by atoms with Crippen molar-refractivity contribution in [1.29, 1.82) is 0 Å². The van der Waals surface area contributed by atoms with Gasteiger partial charge in [-0.3, -0.25) is 0 Å². The molecule has 2 heterocycles. The van der Waals surface area contributed by atoms with Crippen LogP contribution in [0.1, 0.15) is 18.5 Å². The summed E-state index contributed by atoms with van der Waals surface area (Å²) in [5.41, 5.74) is 2.14. The maximum absolute atomic E-state index is 4.58. The number of likely N-dealkylation sites (tertiary alicyclic amines) is 1. The summed E-state index contributed by atoms with van der Waals surface area (Å²) in [6.07, 6.45) is 4.82. The number of imidazole rings is 1. The summed E-state index contributed by atoms with van der Waals surface area (Å²) < 4.78 is 2.22. The second-order valence-corrected chi connectivity index (χ2v) is 5.44. The summed E-state index contributed by atoms with van der Waals surface area (Å²) in [5.74, 6) is 0.938. The molecule has 1 N–H and O–H groups in total. The molecule has 3 rings (SSSR count). The molecule has 1 fully saturated rings. The van der Waals surface area contributed by atoms with E-state index in [4.69, 9.17) is 0 Å². The Morgan fingerprint density at radius 3 is 2.60 bits per heavy atom. The van der Waals surface area contributed by atoms with Crippen LogP contribution in [-0.4, -0.2) is 34.1 Å². The minimum absolute atomic E-state index is 0.938. The van der Waals surface area contributed by atoms with Crippen LogP contribution < -0.4 is 5.32 Å². The zero-order chi connectivity index (χ0) is 13.8. The van der Waals surface area contributed by atoms with Gasteiger partial charge in [-0.05, 0) is 45.0 Å². The van der Waals surface area contributed by atoms with Crippen molar-refractivity contribution >= 4 is 11.6 Å². The quantitative estimate of drug-likeness (QED) is 0.906. The van der Waals surface area contributed by atoms with Gasteiger partial charge in [-0.1, -0.05) is 18.2 Å². The first-order valence-corrected chi connectivity index (χ1v) is 7.39. The fourth-order valence-electron chi connectivity index (χ4n) is 2.72. The van der Waals surface area contributed by atoms with Crippen molar-refractivity contribution < 1.29 is 0 Å². The maximum Gasteiger partial charge on any atom is 0.207 e. The Kier molecular flexibility index (Phi) is 4.02. The van der Waals surface area contributed by atoms with Crippen LogP contribution in [0.5, 0.6) is 0 Å². The van der Waals surface area contributed by atoms with E-state index in [0.717, 1.165) is 30.4 Å². The molecule has 0 atom stereocenters. The molecule has 0 spiro atoms. The second kappa shape index (κ2) is 6.09. The molecule has 0 unspecified atom stereocenters. The van der Waals surface area contributed by atoms with Crippen molar-refractivity contribution in [2.45, 2.75) is 26.3 Å². The molecule has 1 aromatic heterocycles. The summed E-state index contributed by atoms with van der Waals surface area (Å²) in [5, 5.41) is 3.40. The van der Waals surface area contributed by atoms with Gasteiger partial charge in [0.15, 0.2) is 0 Å². The van der Waals surface area contributed by atoms with E-state index in [9.17, 15) is 0 Å². The average Bonchev–Trinajstić information content (AvgIpc) is 3.07. The Morgan fingerprint density at radius 2 is 1.85 bits per heavy atom. The molecule has 0 amide bonds. The van der Waals surface area contributed by atoms with Crippen LogP contribution in [0.3, 0.4) is 0 Å². The third-order valence-corrected chi connectivity index (χ3v) is 3.78. The predicted octanol–water partition coefficient (Wildman–Crippen LogP) is 3.03. The molecule has 0 aliphatic carbocycles. The van der Waals surface area contributed by atoms with Crippen molar-refractivity contribution in [3.63, 3.8) is 0 Å². The van der Waals surface area contributed by atoms with Crippen molar-refractivity contribution in [3.05, 3.63) is 42.2 Å². The number of rotatable bonds is 5. The smallest absolute Gasteiger partial charge is 0.207 e. The highest BCUT2D eigenvalue weighted by atomic mass is 15.2. The molecule has 1 aromatic carbocycles. The normalized spacial score (nSPS) is 15.7. The van der Waals surface area contributed by atoms with Crippen LogP contribution in [0.25, 0.3) is 0 Å². The Balaban J connectivity index is 1.67. The molecule has 4 nitrogen and oxygen atoms in total. The highest BCUT2D eigenvalue weighted by Crippen LogP contribution is 2.16. The molecule has 2 aromatic rings. The molecule has 106 valence electrons. The fourth-order valence-corrected chi connectivity index (χ4v) is 2.72. The lowest BCUT2D eigenvalue weighted by Gasteiger charge is -2.16. The zero-order valence-corrected chi connectivity index (χ0v) is 12.0. The average molecular weight is 270 g/mol. The van der Waals surface area contributed by atoms with E-state index in [1.165, 1.54) is 25.9 Å². The molecule has 4 heteroatoms. The molecule has 1 aliphatic heterocycles. The van der Waals surface area contributed by atoms with Crippen LogP contribution in [-0.2, 0) is 6.54 Å². The topological polar surface area (TPSA) is 33.1 Å². The summed E-state index contributed by atoms with van der Waals surface area (Å²) >= 11 is 0. The van der Waals surface area contributed by atoms with Gasteiger partial charge >= 0.3 is 0 Å². The minimum Gasteiger partial charge on any atom is -0.326 e. The summed E-state index contributed by atoms with van der Waals surface area (Å²) in [6.45, 7) is 6.64. The number of aromatic nitrogens is 2. The number of hydrogen-bond acceptors (Lipinski definition) is 3. The Bertz CT molecular complexity index is 541. The number of nitrogens with one attached hydrogen (secondary N) is 1. The van der Waals surface area contributed by atoms with Gasteiger partial charge in [-0.15, -0.1) is 0 Å². The number of nitrogens with zero attached hydrogens (tertiary/aromatic N) is 3. The number of para-hydroxylation sites is 1. The maximum atomic E-state index is 4.58. The number of hydrogen-bond donors (Lipinski definition) is 1. The lowest BCUT2D eigenvalue weighted by atomic mass is 10.3. The summed E-state index contributed by atoms with van der Waals surface area (Å²) in [4.78, 5) is 7.11. The molecule has 20 heavy (non-hydrogen) atoms. The molecular formula is C16H22N4. The largest absolute Gasteiger partial charge is 0.326 e. The molecule has 0 saturated carbocycles. The van der Waals surface area contributed by atoms with Crippen LogP contribution in [0, 0.1) is 6.92 Å². The van der Waals surface area contributed by atoms with Gasteiger partial charge in [-0.25, -0.2) is 4.98 Å². The first kappa shape index (κ1) is 13.2. The van der Waals surface area contributed by atoms with Gasteiger partial charge in [0, 0.05) is 25.0 Å². The van der Waals surface area contributed by atoms with Gasteiger partial charge in [-0.2, -0.15) is 0 Å². The SMILES string of the molecule is Cc1cn(CCN2CCCC2)c(Nc2ccccc2)n1. The highest BCUT2D eigenvalue weighted by molar-refractivity contribution is 5.53. The van der Waals surface area contributed by atoms with Crippen LogP contribution in [0.15, 0.2) is 36.5 Å². The molecule has 0 radical (unpaired) electrons. The monoisotopic (exact) mass is 270 g/mol. The van der Waals surface area contributed by atoms with Gasteiger partial charge < -0.3 is 14.8 Å². The van der Waals surface area contributed by atoms with E-state index in [-0.39, 0.29) is 0 Å². The third kappa shape index (κ3) is 3.20. The second-order valence-electron chi connectivity index (χ2n) is 5.44. The molecule has 1 saturated heterocycles. The minimum atomic E-state index is 0.938. The van der Waals surface area contributed by atoms with Crippen LogP contribution in [0.4, 0.5) is 11.6 Å². The third-order valence-electron chi connectivity index (χ3n) is 3.78. The van der Waals surface area contributed by atoms with E-state index < -0.39 is 0 Å². The van der Waals surface area contributed by atoms with E-state index >= 15 is 0 Å². The first-order valence-electron chi connectivity index (χ1n) is 7.39. The predicted molar refractivity (Wildman–Crippen MR) is 82.4 cm³/mol. The Hall–Kier alpha value is -1.81. The number of aryl methyl sites for hydroxylation is 1. The van der Waals surface area contributed by atoms with Gasteiger partial charge in [0.2, 0.25) is 5.95 Å². The summed E-state index contributed by atoms with van der Waals surface area (Å²) in [7, 11) is 0. The van der Waals surface area contributed by atoms with E-state index in [0.29, 0.717) is 0 Å². The number of anilines is 2. The van der Waals surface area contributed by atoms with Crippen molar-refractivity contribution in [2.24, 2.45) is 0 Å². The Labute approximate surface area is 120 Å². The Morgan fingerprint density at radius 1 is 1.10 bits per heavy atom. The summed E-state index contributed by atoms with van der Waals surface area (Å²) in [6, 6.07) is 10.2. The van der Waals surface area contributed by atoms with Gasteiger partial charge in [0.25, 0.3) is 0 Å². The molecular weight excluding hydrogens is 248 g/mol. The first-order chi connectivity index (χ1) is 9.81. The van der Waals surface area contributed by atoms with E-state index in [2.05, 4.69) is 38.1 Å². The van der Waals surface area contributed by atoms with Crippen LogP contribution >= 0.6 is 0 Å². The van der Waals surface area contributed by atoms with Crippen molar-refractivity contribution in [3.8, 4) is 0 Å². The van der Waals surface area contributed by atoms with Gasteiger partial charge in [0.1, 0.15) is 0 Å². The van der Waals surface area contributed by atoms with Crippen molar-refractivity contribution in [1.82, 2.24) is 14.5 Å². The fraction of sp³-hybridized carbons (Fsp3) is 0.438. The zero-order valence-electron chi connectivity index (χ0n) is 12.0. The van der Waals surface area contributed by atoms with Crippen molar-refractivity contribution in [2.75, 3.05) is 25.0 Å². The molecule has 0 bridgehead atoms. The highest BCUT2D eigenvalue weighted by Gasteiger charge is 2.12. The van der Waals surface area contributed by atoms with E-state index in [1.54, 1.807) is 0 Å². The lowest BCUT2D eigenvalue weighted by Crippen LogP contribution is -2.24. The number of benzene rings is 1. The standard InChI is InChI=1S/C16H22N4/c1-14-13-20(12-11-19-9-5-6-10-19)16(17-14)18-15-7-3-2-4-8-15/h2-4,7-8,13H,5-6,9-12H2,1H3,(H,17,18). The molecule has 1 aliphatic rings. The van der Waals surface area contributed by atoms with Crippen LogP contribution in [0.2, 0.25) is 0 Å². The lowest BCUT2D eigenvalue weighted by molar-refractivity contribution is 0.323. The van der Waals surface area contributed by atoms with Gasteiger partial charge in [0.05, 0.1) is 5.69 Å². The van der Waals surface area contributed by atoms with E-state index in [1.807, 2.05) is 25.1 Å².